The molecule has 0 aliphatic carbocycles. The highest BCUT2D eigenvalue weighted by molar-refractivity contribution is 5.98. The van der Waals surface area contributed by atoms with E-state index in [2.05, 4.69) is 22.0 Å². The molecule has 0 atom stereocenters. The van der Waals surface area contributed by atoms with Gasteiger partial charge in [0.25, 0.3) is 0 Å². The molecular formula is C15H24N4O. The van der Waals surface area contributed by atoms with Crippen molar-refractivity contribution in [1.82, 2.24) is 9.80 Å². The lowest BCUT2D eigenvalue weighted by molar-refractivity contribution is 0.252. The highest BCUT2D eigenvalue weighted by Gasteiger charge is 2.13. The average Bonchev–Trinajstić information content (AvgIpc) is 2.98. The van der Waals surface area contributed by atoms with Crippen LogP contribution in [-0.4, -0.2) is 54.1 Å². The van der Waals surface area contributed by atoms with Gasteiger partial charge in [0.05, 0.1) is 0 Å². The molecule has 1 aromatic rings. The summed E-state index contributed by atoms with van der Waals surface area (Å²) < 4.78 is 0. The Labute approximate surface area is 120 Å². The van der Waals surface area contributed by atoms with Crippen molar-refractivity contribution in [1.29, 1.82) is 0 Å². The summed E-state index contributed by atoms with van der Waals surface area (Å²) in [4.78, 5) is 4.79. The molecular weight excluding hydrogens is 252 g/mol. The third-order valence-corrected chi connectivity index (χ3v) is 3.84. The van der Waals surface area contributed by atoms with E-state index in [1.165, 1.54) is 25.9 Å². The van der Waals surface area contributed by atoms with Crippen LogP contribution in [-0.2, 0) is 6.54 Å². The van der Waals surface area contributed by atoms with E-state index in [1.807, 2.05) is 24.3 Å². The van der Waals surface area contributed by atoms with Crippen LogP contribution in [0.4, 0.5) is 0 Å². The van der Waals surface area contributed by atoms with Crippen molar-refractivity contribution in [3.05, 3.63) is 35.4 Å². The minimum atomic E-state index is 0.175. The number of hydrogen-bond acceptors (Lipinski definition) is 4. The number of benzene rings is 1. The summed E-state index contributed by atoms with van der Waals surface area (Å²) in [6.45, 7) is 5.41. The van der Waals surface area contributed by atoms with Gasteiger partial charge in [-0.15, -0.1) is 0 Å². The maximum absolute atomic E-state index is 8.84. The Kier molecular flexibility index (Phi) is 5.38. The van der Waals surface area contributed by atoms with Crippen molar-refractivity contribution in [3.8, 4) is 0 Å². The molecule has 0 amide bonds. The SMILES string of the molecule is CN(CCN1CCCC1)Cc1ccccc1C(N)=NO. The summed E-state index contributed by atoms with van der Waals surface area (Å²) >= 11 is 0. The zero-order chi connectivity index (χ0) is 14.4. The van der Waals surface area contributed by atoms with Crippen LogP contribution in [0.25, 0.3) is 0 Å². The molecule has 1 aromatic carbocycles. The van der Waals surface area contributed by atoms with E-state index in [0.29, 0.717) is 0 Å². The van der Waals surface area contributed by atoms with Gasteiger partial charge in [-0.25, -0.2) is 0 Å². The summed E-state index contributed by atoms with van der Waals surface area (Å²) in [6, 6.07) is 7.80. The fourth-order valence-corrected chi connectivity index (χ4v) is 2.65. The first-order valence-electron chi connectivity index (χ1n) is 7.17. The predicted octanol–water partition coefficient (Wildman–Crippen LogP) is 1.31. The summed E-state index contributed by atoms with van der Waals surface area (Å²) in [5.41, 5.74) is 7.62. The van der Waals surface area contributed by atoms with Crippen LogP contribution in [0.2, 0.25) is 0 Å². The minimum Gasteiger partial charge on any atom is -0.409 e. The van der Waals surface area contributed by atoms with Crippen LogP contribution >= 0.6 is 0 Å². The number of nitrogens with zero attached hydrogens (tertiary/aromatic N) is 3. The maximum atomic E-state index is 8.84. The standard InChI is InChI=1S/C15H24N4O/c1-18(10-11-19-8-4-5-9-19)12-13-6-2-3-7-14(13)15(16)17-20/h2-3,6-7,20H,4-5,8-12H2,1H3,(H2,16,17). The first-order valence-corrected chi connectivity index (χ1v) is 7.17. The quantitative estimate of drug-likeness (QED) is 0.356. The normalized spacial score (nSPS) is 17.0. The number of hydrogen-bond donors (Lipinski definition) is 2. The van der Waals surface area contributed by atoms with Crippen molar-refractivity contribution in [3.63, 3.8) is 0 Å². The molecule has 0 aromatic heterocycles. The van der Waals surface area contributed by atoms with Gasteiger partial charge in [0.15, 0.2) is 5.84 Å². The van der Waals surface area contributed by atoms with Gasteiger partial charge in [0.1, 0.15) is 0 Å². The van der Waals surface area contributed by atoms with E-state index in [9.17, 15) is 0 Å². The molecule has 5 heteroatoms. The third-order valence-electron chi connectivity index (χ3n) is 3.84. The van der Waals surface area contributed by atoms with Crippen LogP contribution < -0.4 is 5.73 Å². The van der Waals surface area contributed by atoms with Crippen LogP contribution in [0.3, 0.4) is 0 Å². The average molecular weight is 276 g/mol. The molecule has 20 heavy (non-hydrogen) atoms. The molecule has 0 radical (unpaired) electrons. The number of nitrogens with two attached hydrogens (primary N) is 1. The Hall–Kier alpha value is -1.59. The molecule has 1 fully saturated rings. The predicted molar refractivity (Wildman–Crippen MR) is 81.0 cm³/mol. The Morgan fingerprint density at radius 2 is 2.05 bits per heavy atom. The molecule has 0 spiro atoms. The topological polar surface area (TPSA) is 65.1 Å². The number of rotatable bonds is 6. The second-order valence-electron chi connectivity index (χ2n) is 5.43. The summed E-state index contributed by atoms with van der Waals surface area (Å²) in [7, 11) is 2.11. The molecule has 0 bridgehead atoms. The van der Waals surface area contributed by atoms with Crippen molar-refractivity contribution < 1.29 is 5.21 Å². The van der Waals surface area contributed by atoms with Crippen molar-refractivity contribution >= 4 is 5.84 Å². The van der Waals surface area contributed by atoms with E-state index >= 15 is 0 Å². The molecule has 1 aliphatic rings. The second-order valence-corrected chi connectivity index (χ2v) is 5.43. The van der Waals surface area contributed by atoms with Gasteiger partial charge in [-0.3, -0.25) is 0 Å². The fraction of sp³-hybridized carbons (Fsp3) is 0.533. The van der Waals surface area contributed by atoms with E-state index in [1.54, 1.807) is 0 Å². The van der Waals surface area contributed by atoms with Gasteiger partial charge in [-0.05, 0) is 38.5 Å². The molecule has 1 heterocycles. The highest BCUT2D eigenvalue weighted by atomic mass is 16.4. The van der Waals surface area contributed by atoms with Gasteiger partial charge in [-0.2, -0.15) is 0 Å². The largest absolute Gasteiger partial charge is 0.409 e. The maximum Gasteiger partial charge on any atom is 0.170 e. The zero-order valence-corrected chi connectivity index (χ0v) is 12.1. The van der Waals surface area contributed by atoms with E-state index in [-0.39, 0.29) is 5.84 Å². The Bertz CT molecular complexity index is 455. The first-order chi connectivity index (χ1) is 9.70. The van der Waals surface area contributed by atoms with Gasteiger partial charge < -0.3 is 20.7 Å². The summed E-state index contributed by atoms with van der Waals surface area (Å²) in [6.07, 6.45) is 2.66. The highest BCUT2D eigenvalue weighted by Crippen LogP contribution is 2.12. The lowest BCUT2D eigenvalue weighted by Gasteiger charge is -2.22. The summed E-state index contributed by atoms with van der Waals surface area (Å²) in [5, 5.41) is 11.9. The van der Waals surface area contributed by atoms with Crippen molar-refractivity contribution in [2.75, 3.05) is 33.2 Å². The smallest absolute Gasteiger partial charge is 0.170 e. The number of amidine groups is 1. The van der Waals surface area contributed by atoms with Gasteiger partial charge >= 0.3 is 0 Å². The first kappa shape index (κ1) is 14.8. The van der Waals surface area contributed by atoms with Gasteiger partial charge in [0.2, 0.25) is 0 Å². The second kappa shape index (κ2) is 7.26. The third kappa shape index (κ3) is 3.95. The Morgan fingerprint density at radius 1 is 1.35 bits per heavy atom. The molecule has 3 N–H and O–H groups in total. The molecule has 1 aliphatic heterocycles. The number of oxime groups is 1. The van der Waals surface area contributed by atoms with Crippen LogP contribution in [0.5, 0.6) is 0 Å². The monoisotopic (exact) mass is 276 g/mol. The molecule has 2 rings (SSSR count). The summed E-state index contributed by atoms with van der Waals surface area (Å²) in [5.74, 6) is 0.175. The van der Waals surface area contributed by atoms with Crippen molar-refractivity contribution in [2.24, 2.45) is 10.9 Å². The number of likely N-dealkylation sites (tertiary alicyclic amines) is 1. The van der Waals surface area contributed by atoms with Gasteiger partial charge in [0, 0.05) is 25.2 Å². The molecule has 0 unspecified atom stereocenters. The van der Waals surface area contributed by atoms with Crippen LogP contribution in [0.1, 0.15) is 24.0 Å². The lowest BCUT2D eigenvalue weighted by atomic mass is 10.1. The lowest BCUT2D eigenvalue weighted by Crippen LogP contribution is -2.31. The van der Waals surface area contributed by atoms with E-state index in [4.69, 9.17) is 10.9 Å². The Balaban J connectivity index is 1.91. The molecule has 1 saturated heterocycles. The van der Waals surface area contributed by atoms with Crippen molar-refractivity contribution in [2.45, 2.75) is 19.4 Å². The minimum absolute atomic E-state index is 0.175. The zero-order valence-electron chi connectivity index (χ0n) is 12.1. The van der Waals surface area contributed by atoms with E-state index < -0.39 is 0 Å². The Morgan fingerprint density at radius 3 is 2.75 bits per heavy atom. The molecule has 110 valence electrons. The van der Waals surface area contributed by atoms with Crippen LogP contribution in [0.15, 0.2) is 29.4 Å². The molecule has 5 nitrogen and oxygen atoms in total. The van der Waals surface area contributed by atoms with E-state index in [0.717, 1.165) is 30.8 Å². The fourth-order valence-electron chi connectivity index (χ4n) is 2.65. The van der Waals surface area contributed by atoms with Gasteiger partial charge in [-0.1, -0.05) is 29.4 Å². The van der Waals surface area contributed by atoms with Crippen LogP contribution in [0, 0.1) is 0 Å². The molecule has 0 saturated carbocycles. The number of likely N-dealkylation sites (N-methyl/N-ethyl adjacent to an activating group) is 1.